The van der Waals surface area contributed by atoms with E-state index in [1.54, 1.807) is 17.6 Å². The highest BCUT2D eigenvalue weighted by atomic mass is 79.9. The molecule has 2 aromatic carbocycles. The minimum absolute atomic E-state index is 0.0212. The zero-order valence-corrected chi connectivity index (χ0v) is 18.0. The van der Waals surface area contributed by atoms with Crippen LogP contribution in [0.3, 0.4) is 0 Å². The van der Waals surface area contributed by atoms with Crippen molar-refractivity contribution in [2.45, 2.75) is 13.0 Å². The van der Waals surface area contributed by atoms with E-state index >= 15 is 0 Å². The maximum atomic E-state index is 13.1. The molecule has 0 unspecified atom stereocenters. The molecule has 0 N–H and O–H groups in total. The second-order valence-corrected chi connectivity index (χ2v) is 9.01. The van der Waals surface area contributed by atoms with Crippen LogP contribution in [-0.4, -0.2) is 18.2 Å². The van der Waals surface area contributed by atoms with Crippen molar-refractivity contribution in [1.82, 2.24) is 4.90 Å². The highest BCUT2D eigenvalue weighted by molar-refractivity contribution is 9.10. The molecule has 0 amide bonds. The molecule has 1 aliphatic heterocycles. The van der Waals surface area contributed by atoms with Crippen LogP contribution in [0.15, 0.2) is 73.9 Å². The Labute approximate surface area is 180 Å². The summed E-state index contributed by atoms with van der Waals surface area (Å²) in [5.41, 5.74) is 2.95. The van der Waals surface area contributed by atoms with Crippen LogP contribution in [0, 0.1) is 0 Å². The third-order valence-electron chi connectivity index (χ3n) is 5.20. The van der Waals surface area contributed by atoms with Crippen LogP contribution in [0.2, 0.25) is 0 Å². The summed E-state index contributed by atoms with van der Waals surface area (Å²) in [7, 11) is 0. The van der Waals surface area contributed by atoms with E-state index in [0.717, 1.165) is 34.3 Å². The van der Waals surface area contributed by atoms with Gasteiger partial charge in [-0.1, -0.05) is 34.1 Å². The molecule has 5 rings (SSSR count). The van der Waals surface area contributed by atoms with Gasteiger partial charge in [0.1, 0.15) is 24.3 Å². The molecule has 29 heavy (non-hydrogen) atoms. The fourth-order valence-corrected chi connectivity index (χ4v) is 4.61. The lowest BCUT2D eigenvalue weighted by atomic mass is 10.0. The number of hydrogen-bond donors (Lipinski definition) is 0. The third-order valence-corrected chi connectivity index (χ3v) is 6.66. The fourth-order valence-electron chi connectivity index (χ4n) is 3.65. The molecular formula is C23H18BrNO3S. The Morgan fingerprint density at radius 1 is 1.10 bits per heavy atom. The van der Waals surface area contributed by atoms with Crippen molar-refractivity contribution in [3.63, 3.8) is 0 Å². The molecule has 0 spiro atoms. The van der Waals surface area contributed by atoms with E-state index in [1.165, 1.54) is 4.88 Å². The van der Waals surface area contributed by atoms with Gasteiger partial charge >= 0.3 is 0 Å². The van der Waals surface area contributed by atoms with E-state index in [2.05, 4.69) is 38.3 Å². The van der Waals surface area contributed by atoms with Gasteiger partial charge in [-0.25, -0.2) is 0 Å². The van der Waals surface area contributed by atoms with Gasteiger partial charge in [-0.3, -0.25) is 9.69 Å². The zero-order chi connectivity index (χ0) is 19.8. The van der Waals surface area contributed by atoms with Gasteiger partial charge in [0.05, 0.1) is 16.5 Å². The minimum atomic E-state index is -0.0212. The molecular weight excluding hydrogens is 450 g/mol. The van der Waals surface area contributed by atoms with Gasteiger partial charge < -0.3 is 9.15 Å². The van der Waals surface area contributed by atoms with Crippen molar-refractivity contribution < 1.29 is 9.15 Å². The van der Waals surface area contributed by atoms with Gasteiger partial charge in [-0.2, -0.15) is 0 Å². The summed E-state index contributed by atoms with van der Waals surface area (Å²) in [6.07, 6.45) is 2.55. The number of thiophene rings is 1. The van der Waals surface area contributed by atoms with Crippen LogP contribution in [-0.2, 0) is 13.0 Å². The summed E-state index contributed by atoms with van der Waals surface area (Å²) in [4.78, 5) is 16.7. The van der Waals surface area contributed by atoms with Crippen LogP contribution < -0.4 is 10.2 Å². The Morgan fingerprint density at radius 3 is 2.76 bits per heavy atom. The van der Waals surface area contributed by atoms with Gasteiger partial charge in [0.2, 0.25) is 5.43 Å². The minimum Gasteiger partial charge on any atom is -0.478 e. The van der Waals surface area contributed by atoms with E-state index in [0.29, 0.717) is 29.8 Å². The molecule has 4 nitrogen and oxygen atoms in total. The average Bonchev–Trinajstić information content (AvgIpc) is 3.27. The lowest BCUT2D eigenvalue weighted by Gasteiger charge is -2.29. The Morgan fingerprint density at radius 2 is 1.97 bits per heavy atom. The van der Waals surface area contributed by atoms with E-state index in [9.17, 15) is 4.79 Å². The Hall–Kier alpha value is -2.41. The number of benzene rings is 2. The van der Waals surface area contributed by atoms with E-state index in [-0.39, 0.29) is 5.43 Å². The summed E-state index contributed by atoms with van der Waals surface area (Å²) in [6.45, 7) is 2.15. The summed E-state index contributed by atoms with van der Waals surface area (Å²) >= 11 is 5.20. The molecule has 0 fully saturated rings. The molecule has 1 aliphatic rings. The predicted molar refractivity (Wildman–Crippen MR) is 120 cm³/mol. The van der Waals surface area contributed by atoms with Crippen LogP contribution >= 0.6 is 27.3 Å². The zero-order valence-electron chi connectivity index (χ0n) is 15.6. The molecule has 3 heterocycles. The number of rotatable bonds is 4. The number of nitrogens with zero attached hydrogens (tertiary/aromatic N) is 1. The largest absolute Gasteiger partial charge is 0.478 e. The first-order valence-corrected chi connectivity index (χ1v) is 11.1. The standard InChI is InChI=1S/C23H18BrNO3S/c24-16-5-3-15(4-6-16)20-13-27-23-18(22(20)26)7-8-21-19(23)12-25(14-28-21)10-9-17-2-1-11-29-17/h1-8,11,13H,9-10,12,14H2. The van der Waals surface area contributed by atoms with Crippen molar-refractivity contribution in [1.29, 1.82) is 0 Å². The molecule has 0 radical (unpaired) electrons. The quantitative estimate of drug-likeness (QED) is 0.387. The van der Waals surface area contributed by atoms with Gasteiger partial charge in [0, 0.05) is 22.4 Å². The molecule has 146 valence electrons. The normalized spacial score (nSPS) is 14.0. The maximum Gasteiger partial charge on any atom is 0.200 e. The third kappa shape index (κ3) is 3.64. The van der Waals surface area contributed by atoms with Gasteiger partial charge in [0.25, 0.3) is 0 Å². The molecule has 4 aromatic rings. The molecule has 0 bridgehead atoms. The van der Waals surface area contributed by atoms with Crippen LogP contribution in [0.4, 0.5) is 0 Å². The van der Waals surface area contributed by atoms with E-state index < -0.39 is 0 Å². The summed E-state index contributed by atoms with van der Waals surface area (Å²) in [5.74, 6) is 0.796. The molecule has 0 saturated carbocycles. The number of ether oxygens (including phenoxy) is 1. The monoisotopic (exact) mass is 467 g/mol. The molecule has 0 atom stereocenters. The summed E-state index contributed by atoms with van der Waals surface area (Å²) in [5, 5.41) is 2.69. The lowest BCUT2D eigenvalue weighted by Crippen LogP contribution is -2.33. The van der Waals surface area contributed by atoms with Crippen LogP contribution in [0.1, 0.15) is 10.4 Å². The maximum absolute atomic E-state index is 13.1. The van der Waals surface area contributed by atoms with Gasteiger partial charge in [-0.05, 0) is 47.7 Å². The first-order valence-electron chi connectivity index (χ1n) is 9.40. The smallest absolute Gasteiger partial charge is 0.200 e. The predicted octanol–water partition coefficient (Wildman–Crippen LogP) is 5.68. The lowest BCUT2D eigenvalue weighted by molar-refractivity contribution is 0.0970. The van der Waals surface area contributed by atoms with Crippen molar-refractivity contribution in [2.24, 2.45) is 0 Å². The second kappa shape index (κ2) is 7.78. The van der Waals surface area contributed by atoms with Crippen molar-refractivity contribution in [2.75, 3.05) is 13.3 Å². The first-order chi connectivity index (χ1) is 14.2. The highest BCUT2D eigenvalue weighted by Gasteiger charge is 2.22. The molecule has 2 aromatic heterocycles. The van der Waals surface area contributed by atoms with Gasteiger partial charge in [-0.15, -0.1) is 11.3 Å². The Kier molecular flexibility index (Phi) is 4.99. The van der Waals surface area contributed by atoms with Crippen molar-refractivity contribution >= 4 is 38.2 Å². The van der Waals surface area contributed by atoms with Crippen LogP contribution in [0.25, 0.3) is 22.1 Å². The summed E-state index contributed by atoms with van der Waals surface area (Å²) < 4.78 is 12.9. The second-order valence-electron chi connectivity index (χ2n) is 7.06. The Balaban J connectivity index is 1.48. The SMILES string of the molecule is O=c1c(-c2ccc(Br)cc2)coc2c3c(ccc12)OCN(CCc1cccs1)C3. The topological polar surface area (TPSA) is 42.7 Å². The highest BCUT2D eigenvalue weighted by Crippen LogP contribution is 2.32. The average molecular weight is 468 g/mol. The van der Waals surface area contributed by atoms with E-state index in [4.69, 9.17) is 9.15 Å². The van der Waals surface area contributed by atoms with Crippen LogP contribution in [0.5, 0.6) is 5.75 Å². The summed E-state index contributed by atoms with van der Waals surface area (Å²) in [6, 6.07) is 15.6. The van der Waals surface area contributed by atoms with E-state index in [1.807, 2.05) is 36.4 Å². The molecule has 6 heteroatoms. The molecule has 0 saturated heterocycles. The first kappa shape index (κ1) is 18.6. The number of halogens is 1. The Bertz CT molecular complexity index is 1220. The number of fused-ring (bicyclic) bond motifs is 3. The van der Waals surface area contributed by atoms with Crippen molar-refractivity contribution in [3.8, 4) is 16.9 Å². The van der Waals surface area contributed by atoms with Crippen molar-refractivity contribution in [3.05, 3.63) is 85.3 Å². The fraction of sp³-hybridized carbons (Fsp3) is 0.174. The molecule has 0 aliphatic carbocycles. The number of hydrogen-bond acceptors (Lipinski definition) is 5. The van der Waals surface area contributed by atoms with Gasteiger partial charge in [0.15, 0.2) is 0 Å².